The van der Waals surface area contributed by atoms with Crippen molar-refractivity contribution < 1.29 is 9.53 Å². The fourth-order valence-corrected chi connectivity index (χ4v) is 8.50. The smallest absolute Gasteiger partial charge is 0.357 e. The van der Waals surface area contributed by atoms with E-state index >= 15 is 0 Å². The average Bonchev–Trinajstić information content (AvgIpc) is 3.18. The van der Waals surface area contributed by atoms with Crippen LogP contribution in [0.15, 0.2) is 30.3 Å². The van der Waals surface area contributed by atoms with E-state index < -0.39 is 0 Å². The molecule has 0 saturated heterocycles. The van der Waals surface area contributed by atoms with Crippen LogP contribution in [-0.2, 0) is 24.8 Å². The van der Waals surface area contributed by atoms with Gasteiger partial charge in [-0.2, -0.15) is 0 Å². The Morgan fingerprint density at radius 1 is 1.00 bits per heavy atom. The van der Waals surface area contributed by atoms with Crippen molar-refractivity contribution in [3.8, 4) is 0 Å². The van der Waals surface area contributed by atoms with E-state index in [4.69, 9.17) is 9.72 Å². The monoisotopic (exact) mass is 460 g/mol. The molecular weight excluding hydrogens is 420 g/mol. The minimum Gasteiger partial charge on any atom is -0.456 e. The summed E-state index contributed by atoms with van der Waals surface area (Å²) in [6, 6.07) is 10.00. The maximum Gasteiger partial charge on any atom is 0.357 e. The number of carbonyl (C=O) groups is 1. The molecule has 0 unspecified atom stereocenters. The number of aryl methyl sites for hydroxylation is 1. The molecule has 0 radical (unpaired) electrons. The lowest BCUT2D eigenvalue weighted by molar-refractivity contribution is -0.0571. The highest BCUT2D eigenvalue weighted by molar-refractivity contribution is 5.89. The molecule has 0 amide bonds. The molecule has 2 aromatic rings. The van der Waals surface area contributed by atoms with E-state index in [9.17, 15) is 4.79 Å². The second-order valence-electron chi connectivity index (χ2n) is 12.1. The maximum atomic E-state index is 13.4. The first kappa shape index (κ1) is 22.4. The number of aromatic nitrogens is 2. The van der Waals surface area contributed by atoms with Crippen molar-refractivity contribution in [3.63, 3.8) is 0 Å². The van der Waals surface area contributed by atoms with Gasteiger partial charge in [0.1, 0.15) is 12.4 Å². The standard InChI is InChI=1S/C30H40N2O2/c1-32-27(29(33)34-20-21-8-4-2-5-9-21)26(31-28(32)25-10-6-3-7-11-25)12-13-30-17-22-14-23(18-30)16-24(15-22)19-30/h2,4-5,8-9,22-25H,3,6-7,10-20H2,1H3. The largest absolute Gasteiger partial charge is 0.456 e. The number of benzene rings is 1. The summed E-state index contributed by atoms with van der Waals surface area (Å²) in [7, 11) is 2.05. The first-order chi connectivity index (χ1) is 16.6. The Balaban J connectivity index is 1.23. The predicted molar refractivity (Wildman–Crippen MR) is 134 cm³/mol. The molecule has 1 aromatic heterocycles. The molecule has 5 aliphatic rings. The van der Waals surface area contributed by atoms with Gasteiger partial charge in [-0.3, -0.25) is 0 Å². The van der Waals surface area contributed by atoms with Crippen molar-refractivity contribution in [1.82, 2.24) is 9.55 Å². The van der Waals surface area contributed by atoms with E-state index in [1.54, 1.807) is 0 Å². The summed E-state index contributed by atoms with van der Waals surface area (Å²) in [4.78, 5) is 18.6. The van der Waals surface area contributed by atoms with Gasteiger partial charge >= 0.3 is 5.97 Å². The van der Waals surface area contributed by atoms with Gasteiger partial charge in [0.05, 0.1) is 5.69 Å². The summed E-state index contributed by atoms with van der Waals surface area (Å²) in [5.74, 6) is 4.27. The van der Waals surface area contributed by atoms with Crippen molar-refractivity contribution in [2.75, 3.05) is 0 Å². The van der Waals surface area contributed by atoms with Crippen LogP contribution in [0.2, 0.25) is 0 Å². The van der Waals surface area contributed by atoms with Crippen molar-refractivity contribution in [2.24, 2.45) is 30.2 Å². The van der Waals surface area contributed by atoms with Crippen LogP contribution in [0, 0.1) is 23.2 Å². The molecule has 0 spiro atoms. The van der Waals surface area contributed by atoms with Gasteiger partial charge in [0.15, 0.2) is 5.69 Å². The fourth-order valence-electron chi connectivity index (χ4n) is 8.50. The zero-order valence-corrected chi connectivity index (χ0v) is 20.8. The van der Waals surface area contributed by atoms with Crippen LogP contribution in [0.5, 0.6) is 0 Å². The maximum absolute atomic E-state index is 13.4. The van der Waals surface area contributed by atoms with E-state index in [0.717, 1.165) is 41.3 Å². The van der Waals surface area contributed by atoms with Gasteiger partial charge in [-0.1, -0.05) is 49.6 Å². The quantitative estimate of drug-likeness (QED) is 0.419. The van der Waals surface area contributed by atoms with E-state index in [1.807, 2.05) is 37.4 Å². The Kier molecular flexibility index (Phi) is 6.03. The minimum atomic E-state index is -0.207. The lowest BCUT2D eigenvalue weighted by Crippen LogP contribution is -2.46. The molecule has 182 valence electrons. The van der Waals surface area contributed by atoms with Gasteiger partial charge < -0.3 is 9.30 Å². The summed E-state index contributed by atoms with van der Waals surface area (Å²) >= 11 is 0. The predicted octanol–water partition coefficient (Wildman–Crippen LogP) is 6.97. The zero-order chi connectivity index (χ0) is 23.1. The topological polar surface area (TPSA) is 44.1 Å². The van der Waals surface area contributed by atoms with Crippen LogP contribution in [0.25, 0.3) is 0 Å². The SMILES string of the molecule is Cn1c(C2CCCCC2)nc(CCC23CC4CC(CC(C4)C2)C3)c1C(=O)OCc1ccccc1. The average molecular weight is 461 g/mol. The fraction of sp³-hybridized carbons (Fsp3) is 0.667. The van der Waals surface area contributed by atoms with Crippen molar-refractivity contribution in [1.29, 1.82) is 0 Å². The molecule has 0 aliphatic heterocycles. The van der Waals surface area contributed by atoms with Gasteiger partial charge in [0.2, 0.25) is 0 Å². The third-order valence-corrected chi connectivity index (χ3v) is 9.64. The number of esters is 1. The van der Waals surface area contributed by atoms with Crippen LogP contribution >= 0.6 is 0 Å². The summed E-state index contributed by atoms with van der Waals surface area (Å²) in [5.41, 5.74) is 3.24. The highest BCUT2D eigenvalue weighted by atomic mass is 16.5. The van der Waals surface area contributed by atoms with E-state index in [0.29, 0.717) is 23.6 Å². The zero-order valence-electron chi connectivity index (χ0n) is 20.8. The van der Waals surface area contributed by atoms with Crippen molar-refractivity contribution in [2.45, 2.75) is 96.0 Å². The Bertz CT molecular complexity index is 983. The first-order valence-corrected chi connectivity index (χ1v) is 13.8. The van der Waals surface area contributed by atoms with Gasteiger partial charge in [0, 0.05) is 13.0 Å². The lowest BCUT2D eigenvalue weighted by atomic mass is 9.48. The van der Waals surface area contributed by atoms with Crippen LogP contribution in [0.1, 0.15) is 111 Å². The summed E-state index contributed by atoms with van der Waals surface area (Å²) in [6.07, 6.45) is 17.0. The molecule has 5 saturated carbocycles. The second-order valence-corrected chi connectivity index (χ2v) is 12.1. The number of nitrogens with zero attached hydrogens (tertiary/aromatic N) is 2. The third-order valence-electron chi connectivity index (χ3n) is 9.64. The second kappa shape index (κ2) is 9.17. The third kappa shape index (κ3) is 4.33. The molecule has 4 bridgehead atoms. The van der Waals surface area contributed by atoms with Gasteiger partial charge in [-0.25, -0.2) is 9.78 Å². The molecule has 0 N–H and O–H groups in total. The molecule has 7 rings (SSSR count). The first-order valence-electron chi connectivity index (χ1n) is 13.8. The van der Waals surface area contributed by atoms with Gasteiger partial charge in [-0.15, -0.1) is 0 Å². The normalized spacial score (nSPS) is 30.6. The molecule has 4 nitrogen and oxygen atoms in total. The minimum absolute atomic E-state index is 0.207. The Morgan fingerprint density at radius 2 is 1.65 bits per heavy atom. The van der Waals surface area contributed by atoms with E-state index in [1.165, 1.54) is 77.0 Å². The van der Waals surface area contributed by atoms with Gasteiger partial charge in [-0.05, 0) is 92.9 Å². The Hall–Kier alpha value is -2.10. The van der Waals surface area contributed by atoms with Crippen LogP contribution in [-0.4, -0.2) is 15.5 Å². The van der Waals surface area contributed by atoms with Gasteiger partial charge in [0.25, 0.3) is 0 Å². The molecule has 34 heavy (non-hydrogen) atoms. The Labute approximate surface area is 204 Å². The van der Waals surface area contributed by atoms with E-state index in [-0.39, 0.29) is 5.97 Å². The van der Waals surface area contributed by atoms with Crippen LogP contribution in [0.4, 0.5) is 0 Å². The molecule has 1 aromatic carbocycles. The number of hydrogen-bond acceptors (Lipinski definition) is 3. The molecule has 0 atom stereocenters. The lowest BCUT2D eigenvalue weighted by Gasteiger charge is -2.57. The highest BCUT2D eigenvalue weighted by Crippen LogP contribution is 2.61. The molecule has 4 heteroatoms. The number of hydrogen-bond donors (Lipinski definition) is 0. The van der Waals surface area contributed by atoms with Crippen LogP contribution in [0.3, 0.4) is 0 Å². The number of rotatable bonds is 7. The number of carbonyl (C=O) groups excluding carboxylic acids is 1. The van der Waals surface area contributed by atoms with Crippen molar-refractivity contribution in [3.05, 3.63) is 53.1 Å². The van der Waals surface area contributed by atoms with Crippen LogP contribution < -0.4 is 0 Å². The summed E-state index contributed by atoms with van der Waals surface area (Å²) in [6.45, 7) is 0.317. The molecule has 5 fully saturated rings. The Morgan fingerprint density at radius 3 is 2.29 bits per heavy atom. The molecule has 5 aliphatic carbocycles. The number of ether oxygens (including phenoxy) is 1. The highest BCUT2D eigenvalue weighted by Gasteiger charge is 2.50. The molecular formula is C30H40N2O2. The number of imidazole rings is 1. The summed E-state index contributed by atoms with van der Waals surface area (Å²) in [5, 5.41) is 0. The van der Waals surface area contributed by atoms with E-state index in [2.05, 4.69) is 4.57 Å². The molecule has 1 heterocycles. The van der Waals surface area contributed by atoms with Crippen molar-refractivity contribution >= 4 is 5.97 Å². The summed E-state index contributed by atoms with van der Waals surface area (Å²) < 4.78 is 7.93.